The van der Waals surface area contributed by atoms with Crippen molar-refractivity contribution in [1.82, 2.24) is 5.32 Å². The Kier molecular flexibility index (Phi) is 5.88. The van der Waals surface area contributed by atoms with Gasteiger partial charge in [-0.05, 0) is 30.7 Å². The van der Waals surface area contributed by atoms with Gasteiger partial charge in [-0.15, -0.1) is 0 Å². The number of aliphatic hydroxyl groups is 1. The van der Waals surface area contributed by atoms with Gasteiger partial charge in [0.1, 0.15) is 0 Å². The second-order valence-corrected chi connectivity index (χ2v) is 6.38. The van der Waals surface area contributed by atoms with E-state index in [1.807, 2.05) is 12.1 Å². The molecular formula is C16H25ClN2O2. The van der Waals surface area contributed by atoms with Crippen molar-refractivity contribution in [2.24, 2.45) is 0 Å². The zero-order valence-corrected chi connectivity index (χ0v) is 13.7. The number of nitrogens with zero attached hydrogens (tertiary/aromatic N) is 1. The van der Waals surface area contributed by atoms with Crippen molar-refractivity contribution < 1.29 is 9.84 Å². The van der Waals surface area contributed by atoms with Crippen LogP contribution in [0.5, 0.6) is 0 Å². The third kappa shape index (κ3) is 4.33. The highest BCUT2D eigenvalue weighted by atomic mass is 35.5. The molecule has 0 amide bonds. The lowest BCUT2D eigenvalue weighted by molar-refractivity contribution is -0.0103. The third-order valence-corrected chi connectivity index (χ3v) is 4.00. The normalized spacial score (nSPS) is 22.9. The molecule has 1 aliphatic rings. The Labute approximate surface area is 132 Å². The molecule has 1 fully saturated rings. The van der Waals surface area contributed by atoms with Gasteiger partial charge in [-0.2, -0.15) is 0 Å². The van der Waals surface area contributed by atoms with Crippen molar-refractivity contribution >= 4 is 17.3 Å². The molecule has 2 atom stereocenters. The summed E-state index contributed by atoms with van der Waals surface area (Å²) in [5.74, 6) is 0. The fourth-order valence-electron chi connectivity index (χ4n) is 2.55. The molecule has 1 aliphatic heterocycles. The zero-order valence-electron chi connectivity index (χ0n) is 13.0. The maximum Gasteiger partial charge on any atom is 0.0981 e. The van der Waals surface area contributed by atoms with Crippen LogP contribution in [0.2, 0.25) is 5.02 Å². The number of ether oxygens (including phenoxy) is 1. The van der Waals surface area contributed by atoms with E-state index in [-0.39, 0.29) is 18.8 Å². The fourth-order valence-corrected chi connectivity index (χ4v) is 2.75. The maximum atomic E-state index is 9.35. The summed E-state index contributed by atoms with van der Waals surface area (Å²) in [4.78, 5) is 2.30. The summed E-state index contributed by atoms with van der Waals surface area (Å²) in [5, 5.41) is 13.5. The summed E-state index contributed by atoms with van der Waals surface area (Å²) in [5.41, 5.74) is 2.35. The minimum absolute atomic E-state index is 0.0520. The summed E-state index contributed by atoms with van der Waals surface area (Å²) in [6, 6.07) is 6.71. The summed E-state index contributed by atoms with van der Waals surface area (Å²) < 4.78 is 5.62. The molecule has 21 heavy (non-hydrogen) atoms. The second kappa shape index (κ2) is 7.45. The number of nitrogens with one attached hydrogen (secondary N) is 1. The Bertz CT molecular complexity index is 468. The lowest BCUT2D eigenvalue weighted by Gasteiger charge is -2.40. The van der Waals surface area contributed by atoms with Gasteiger partial charge in [0.15, 0.2) is 0 Å². The molecule has 0 aliphatic carbocycles. The summed E-state index contributed by atoms with van der Waals surface area (Å²) in [7, 11) is 0. The van der Waals surface area contributed by atoms with E-state index in [0.29, 0.717) is 19.2 Å². The Balaban J connectivity index is 2.24. The van der Waals surface area contributed by atoms with Crippen LogP contribution in [0.15, 0.2) is 18.2 Å². The van der Waals surface area contributed by atoms with Crippen molar-refractivity contribution in [3.8, 4) is 0 Å². The van der Waals surface area contributed by atoms with Gasteiger partial charge in [0.25, 0.3) is 0 Å². The summed E-state index contributed by atoms with van der Waals surface area (Å²) >= 11 is 6.15. The number of hydrogen-bond donors (Lipinski definition) is 2. The van der Waals surface area contributed by atoms with E-state index in [9.17, 15) is 5.11 Å². The molecule has 1 heterocycles. The number of aliphatic hydroxyl groups excluding tert-OH is 1. The highest BCUT2D eigenvalue weighted by Crippen LogP contribution is 2.28. The highest BCUT2D eigenvalue weighted by molar-refractivity contribution is 6.30. The van der Waals surface area contributed by atoms with Crippen LogP contribution in [0, 0.1) is 0 Å². The molecule has 2 N–H and O–H groups in total. The summed E-state index contributed by atoms with van der Waals surface area (Å²) in [6.07, 6.45) is -0.122. The lowest BCUT2D eigenvalue weighted by atomic mass is 10.1. The van der Waals surface area contributed by atoms with E-state index in [4.69, 9.17) is 16.3 Å². The molecule has 1 aromatic rings. The summed E-state index contributed by atoms with van der Waals surface area (Å²) in [6.45, 7) is 8.56. The van der Waals surface area contributed by atoms with Crippen LogP contribution in [0.1, 0.15) is 26.3 Å². The van der Waals surface area contributed by atoms with Crippen molar-refractivity contribution in [3.05, 3.63) is 28.8 Å². The largest absolute Gasteiger partial charge is 0.394 e. The van der Waals surface area contributed by atoms with Crippen molar-refractivity contribution in [3.63, 3.8) is 0 Å². The van der Waals surface area contributed by atoms with Crippen molar-refractivity contribution in [2.75, 3.05) is 24.7 Å². The molecule has 2 rings (SSSR count). The van der Waals surface area contributed by atoms with Crippen LogP contribution in [0.3, 0.4) is 0 Å². The Hall–Kier alpha value is -0.810. The Morgan fingerprint density at radius 2 is 2.24 bits per heavy atom. The average Bonchev–Trinajstić information content (AvgIpc) is 2.46. The second-order valence-electron chi connectivity index (χ2n) is 5.95. The smallest absolute Gasteiger partial charge is 0.0981 e. The van der Waals surface area contributed by atoms with Gasteiger partial charge in [-0.1, -0.05) is 25.4 Å². The molecule has 1 saturated heterocycles. The molecule has 0 bridgehead atoms. The third-order valence-electron chi connectivity index (χ3n) is 3.76. The molecule has 0 spiro atoms. The molecule has 2 unspecified atom stereocenters. The number of rotatable bonds is 5. The minimum atomic E-state index is -0.122. The predicted octanol–water partition coefficient (Wildman–Crippen LogP) is 2.42. The van der Waals surface area contributed by atoms with Crippen LogP contribution in [-0.2, 0) is 11.3 Å². The van der Waals surface area contributed by atoms with Gasteiger partial charge in [-0.25, -0.2) is 0 Å². The first-order valence-corrected chi connectivity index (χ1v) is 7.90. The predicted molar refractivity (Wildman–Crippen MR) is 87.1 cm³/mol. The standard InChI is InChI=1S/C16H25ClN2O2/c1-11(2)18-7-13-6-14(17)4-5-16(13)19-8-15(9-20)21-10-12(19)3/h4-6,11-12,15,18,20H,7-10H2,1-3H3. The monoisotopic (exact) mass is 312 g/mol. The maximum absolute atomic E-state index is 9.35. The molecule has 1 aromatic carbocycles. The number of benzene rings is 1. The highest BCUT2D eigenvalue weighted by Gasteiger charge is 2.27. The number of halogens is 1. The topological polar surface area (TPSA) is 44.7 Å². The molecule has 0 radical (unpaired) electrons. The van der Waals surface area contributed by atoms with E-state index in [1.54, 1.807) is 0 Å². The first kappa shape index (κ1) is 16.6. The number of morpholine rings is 1. The first-order valence-electron chi connectivity index (χ1n) is 7.52. The molecular weight excluding hydrogens is 288 g/mol. The fraction of sp³-hybridized carbons (Fsp3) is 0.625. The number of anilines is 1. The van der Waals surface area contributed by atoms with Crippen LogP contribution >= 0.6 is 11.6 Å². The van der Waals surface area contributed by atoms with E-state index in [2.05, 4.69) is 37.1 Å². The van der Waals surface area contributed by atoms with E-state index >= 15 is 0 Å². The SMILES string of the molecule is CC(C)NCc1cc(Cl)ccc1N1CC(CO)OCC1C. The van der Waals surface area contributed by atoms with Gasteiger partial charge in [0.2, 0.25) is 0 Å². The minimum Gasteiger partial charge on any atom is -0.394 e. The average molecular weight is 313 g/mol. The van der Waals surface area contributed by atoms with Gasteiger partial charge in [-0.3, -0.25) is 0 Å². The number of hydrogen-bond acceptors (Lipinski definition) is 4. The van der Waals surface area contributed by atoms with Crippen molar-refractivity contribution in [1.29, 1.82) is 0 Å². The lowest BCUT2D eigenvalue weighted by Crippen LogP contribution is -2.50. The Morgan fingerprint density at radius 3 is 2.90 bits per heavy atom. The van der Waals surface area contributed by atoms with E-state index in [1.165, 1.54) is 11.3 Å². The van der Waals surface area contributed by atoms with Gasteiger partial charge >= 0.3 is 0 Å². The molecule has 0 saturated carbocycles. The zero-order chi connectivity index (χ0) is 15.4. The van der Waals surface area contributed by atoms with Crippen molar-refractivity contribution in [2.45, 2.75) is 45.5 Å². The van der Waals surface area contributed by atoms with E-state index < -0.39 is 0 Å². The van der Waals surface area contributed by atoms with Crippen LogP contribution < -0.4 is 10.2 Å². The van der Waals surface area contributed by atoms with Crippen LogP contribution in [0.4, 0.5) is 5.69 Å². The van der Waals surface area contributed by atoms with E-state index in [0.717, 1.165) is 11.6 Å². The molecule has 5 heteroatoms. The first-order chi connectivity index (χ1) is 10.0. The van der Waals surface area contributed by atoms with Crippen LogP contribution in [0.25, 0.3) is 0 Å². The van der Waals surface area contributed by atoms with Gasteiger partial charge in [0.05, 0.1) is 19.3 Å². The molecule has 118 valence electrons. The van der Waals surface area contributed by atoms with Gasteiger partial charge in [0, 0.05) is 35.9 Å². The molecule has 4 nitrogen and oxygen atoms in total. The Morgan fingerprint density at radius 1 is 1.48 bits per heavy atom. The molecule has 0 aromatic heterocycles. The quantitative estimate of drug-likeness (QED) is 0.876. The van der Waals surface area contributed by atoms with Crippen LogP contribution in [-0.4, -0.2) is 43.1 Å². The van der Waals surface area contributed by atoms with Gasteiger partial charge < -0.3 is 20.1 Å².